The molecule has 2 heterocycles. The lowest BCUT2D eigenvalue weighted by atomic mass is 9.58. The number of carbonyl (C=O) groups is 1. The lowest BCUT2D eigenvalue weighted by Crippen LogP contribution is -2.65. The molecule has 2 aliphatic rings. The van der Waals surface area contributed by atoms with E-state index in [1.807, 2.05) is 0 Å². The maximum atomic E-state index is 13.4. The van der Waals surface area contributed by atoms with Crippen molar-refractivity contribution in [2.75, 3.05) is 13.2 Å². The van der Waals surface area contributed by atoms with Gasteiger partial charge in [-0.3, -0.25) is 4.79 Å². The van der Waals surface area contributed by atoms with Crippen LogP contribution in [-0.4, -0.2) is 41.4 Å². The maximum Gasteiger partial charge on any atom is 0.269 e. The van der Waals surface area contributed by atoms with Crippen molar-refractivity contribution in [3.8, 4) is 0 Å². The lowest BCUT2D eigenvalue weighted by Gasteiger charge is -2.55. The number of hydrogen-bond donors (Lipinski definition) is 3. The Morgan fingerprint density at radius 2 is 2.17 bits per heavy atom. The van der Waals surface area contributed by atoms with Crippen LogP contribution in [0.3, 0.4) is 0 Å². The number of H-pyrrole nitrogens is 1. The molecule has 128 valence electrons. The minimum Gasteiger partial charge on any atom is -0.392 e. The van der Waals surface area contributed by atoms with Crippen LogP contribution in [-0.2, 0) is 4.74 Å². The van der Waals surface area contributed by atoms with Crippen LogP contribution < -0.4 is 5.32 Å². The number of carbonyl (C=O) groups excluding carboxylic acids is 1. The second kappa shape index (κ2) is 5.72. The van der Waals surface area contributed by atoms with Gasteiger partial charge in [0, 0.05) is 35.6 Å². The fourth-order valence-corrected chi connectivity index (χ4v) is 4.21. The summed E-state index contributed by atoms with van der Waals surface area (Å²) in [6.07, 6.45) is 1.56. The Morgan fingerprint density at radius 3 is 2.88 bits per heavy atom. The van der Waals surface area contributed by atoms with Crippen molar-refractivity contribution in [1.82, 2.24) is 10.3 Å². The highest BCUT2D eigenvalue weighted by Crippen LogP contribution is 2.49. The molecule has 1 saturated heterocycles. The minimum atomic E-state index is -0.418. The Balaban J connectivity index is 1.57. The topological polar surface area (TPSA) is 74.3 Å². The summed E-state index contributed by atoms with van der Waals surface area (Å²) in [4.78, 5) is 15.6. The highest BCUT2D eigenvalue weighted by atomic mass is 35.5. The second-order valence-corrected chi connectivity index (χ2v) is 7.00. The third-order valence-electron chi connectivity index (χ3n) is 5.47. The zero-order valence-electron chi connectivity index (χ0n) is 12.9. The molecule has 1 aromatic heterocycles. The summed E-state index contributed by atoms with van der Waals surface area (Å²) in [5, 5.41) is 13.9. The average Bonchev–Trinajstić information content (AvgIpc) is 2.92. The van der Waals surface area contributed by atoms with Gasteiger partial charge in [-0.15, -0.1) is 0 Å². The van der Waals surface area contributed by atoms with E-state index in [0.717, 1.165) is 12.8 Å². The van der Waals surface area contributed by atoms with Gasteiger partial charge in [0.1, 0.15) is 11.5 Å². The summed E-state index contributed by atoms with van der Waals surface area (Å²) in [6.45, 7) is 1.19. The number of ether oxygens (including phenoxy) is 1. The number of rotatable bonds is 2. The molecule has 0 bridgehead atoms. The molecule has 1 saturated carbocycles. The number of aliphatic hydroxyl groups is 1. The van der Waals surface area contributed by atoms with Crippen molar-refractivity contribution in [3.05, 3.63) is 34.7 Å². The summed E-state index contributed by atoms with van der Waals surface area (Å²) >= 11 is 6.25. The van der Waals surface area contributed by atoms with Crippen molar-refractivity contribution in [2.45, 2.75) is 31.4 Å². The first-order valence-corrected chi connectivity index (χ1v) is 8.42. The number of amides is 1. The molecule has 0 radical (unpaired) electrons. The molecule has 4 rings (SSSR count). The minimum absolute atomic E-state index is 0.108. The quantitative estimate of drug-likeness (QED) is 0.777. The molecule has 2 atom stereocenters. The molecule has 5 nitrogen and oxygen atoms in total. The van der Waals surface area contributed by atoms with E-state index in [1.54, 1.807) is 6.07 Å². The molecule has 3 N–H and O–H groups in total. The van der Waals surface area contributed by atoms with Crippen LogP contribution in [0.15, 0.2) is 18.2 Å². The van der Waals surface area contributed by atoms with Gasteiger partial charge in [-0.25, -0.2) is 4.39 Å². The Bertz CT molecular complexity index is 800. The Hall–Kier alpha value is -1.63. The summed E-state index contributed by atoms with van der Waals surface area (Å²) in [5.41, 5.74) is 0.528. The predicted molar refractivity (Wildman–Crippen MR) is 87.6 cm³/mol. The van der Waals surface area contributed by atoms with Crippen molar-refractivity contribution in [1.29, 1.82) is 0 Å². The van der Waals surface area contributed by atoms with Crippen molar-refractivity contribution in [3.63, 3.8) is 0 Å². The Labute approximate surface area is 143 Å². The molecule has 1 spiro atoms. The van der Waals surface area contributed by atoms with Gasteiger partial charge < -0.3 is 20.1 Å². The normalized spacial score (nSPS) is 25.6. The highest BCUT2D eigenvalue weighted by molar-refractivity contribution is 6.38. The van der Waals surface area contributed by atoms with Crippen LogP contribution >= 0.6 is 11.6 Å². The standard InChI is InChI=1S/C17H18ClFN2O3/c18-14-10-7-9(19)1-2-11(10)20-15(14)16(23)21-12-8-13(22)17(12)3-5-24-6-4-17/h1-2,7,12-13,20,22H,3-6,8H2,(H,21,23)/t12-,13-/m1/s1. The van der Waals surface area contributed by atoms with E-state index < -0.39 is 11.9 Å². The molecule has 2 fully saturated rings. The number of aliphatic hydroxyl groups excluding tert-OH is 1. The van der Waals surface area contributed by atoms with Gasteiger partial charge in [0.25, 0.3) is 5.91 Å². The number of hydrogen-bond acceptors (Lipinski definition) is 3. The highest BCUT2D eigenvalue weighted by Gasteiger charge is 2.55. The number of fused-ring (bicyclic) bond motifs is 1. The van der Waals surface area contributed by atoms with Gasteiger partial charge >= 0.3 is 0 Å². The number of halogens is 2. The Morgan fingerprint density at radius 1 is 1.42 bits per heavy atom. The van der Waals surface area contributed by atoms with Crippen LogP contribution in [0.2, 0.25) is 5.02 Å². The molecule has 2 aromatic rings. The third-order valence-corrected chi connectivity index (χ3v) is 5.86. The van der Waals surface area contributed by atoms with Gasteiger partial charge in [-0.05, 0) is 37.5 Å². The van der Waals surface area contributed by atoms with E-state index in [-0.39, 0.29) is 28.1 Å². The summed E-state index contributed by atoms with van der Waals surface area (Å²) < 4.78 is 18.7. The van der Waals surface area contributed by atoms with Crippen LogP contribution in [0.25, 0.3) is 10.9 Å². The van der Waals surface area contributed by atoms with Crippen LogP contribution in [0.4, 0.5) is 4.39 Å². The molecular formula is C17H18ClFN2O3. The van der Waals surface area contributed by atoms with Crippen molar-refractivity contribution in [2.24, 2.45) is 5.41 Å². The van der Waals surface area contributed by atoms with E-state index in [2.05, 4.69) is 10.3 Å². The van der Waals surface area contributed by atoms with E-state index in [4.69, 9.17) is 16.3 Å². The van der Waals surface area contributed by atoms with E-state index in [1.165, 1.54) is 12.1 Å². The van der Waals surface area contributed by atoms with Crippen LogP contribution in [0.1, 0.15) is 29.8 Å². The zero-order valence-corrected chi connectivity index (χ0v) is 13.7. The fraction of sp³-hybridized carbons (Fsp3) is 0.471. The summed E-state index contributed by atoms with van der Waals surface area (Å²) in [6, 6.07) is 4.07. The van der Waals surface area contributed by atoms with Crippen molar-refractivity contribution >= 4 is 28.4 Å². The largest absolute Gasteiger partial charge is 0.392 e. The molecule has 24 heavy (non-hydrogen) atoms. The first-order chi connectivity index (χ1) is 11.5. The van der Waals surface area contributed by atoms with Gasteiger partial charge in [-0.1, -0.05) is 11.6 Å². The SMILES string of the molecule is O=C(N[C@@H]1C[C@@H](O)C12CCOCC2)c1[nH]c2ccc(F)cc2c1Cl. The molecule has 1 aliphatic heterocycles. The van der Waals surface area contributed by atoms with Gasteiger partial charge in [-0.2, -0.15) is 0 Å². The number of aromatic nitrogens is 1. The second-order valence-electron chi connectivity index (χ2n) is 6.63. The first kappa shape index (κ1) is 15.9. The van der Waals surface area contributed by atoms with Crippen LogP contribution in [0, 0.1) is 11.2 Å². The molecule has 1 aromatic carbocycles. The average molecular weight is 353 g/mol. The smallest absolute Gasteiger partial charge is 0.269 e. The number of nitrogens with one attached hydrogen (secondary N) is 2. The molecule has 1 amide bonds. The van der Waals surface area contributed by atoms with Crippen molar-refractivity contribution < 1.29 is 19.0 Å². The first-order valence-electron chi connectivity index (χ1n) is 8.05. The Kier molecular flexibility index (Phi) is 3.78. The zero-order chi connectivity index (χ0) is 16.9. The lowest BCUT2D eigenvalue weighted by molar-refractivity contribution is -0.145. The molecule has 0 unspecified atom stereocenters. The predicted octanol–water partition coefficient (Wildman–Crippen LogP) is 2.62. The molecule has 7 heteroatoms. The van der Waals surface area contributed by atoms with Gasteiger partial charge in [0.05, 0.1) is 11.1 Å². The molecule has 1 aliphatic carbocycles. The summed E-state index contributed by atoms with van der Waals surface area (Å²) in [7, 11) is 0. The fourth-order valence-electron chi connectivity index (χ4n) is 3.92. The van der Waals surface area contributed by atoms with Crippen LogP contribution in [0.5, 0.6) is 0 Å². The van der Waals surface area contributed by atoms with E-state index in [0.29, 0.717) is 30.5 Å². The van der Waals surface area contributed by atoms with E-state index >= 15 is 0 Å². The number of benzene rings is 1. The molecular weight excluding hydrogens is 335 g/mol. The van der Waals surface area contributed by atoms with Gasteiger partial charge in [0.2, 0.25) is 0 Å². The monoisotopic (exact) mass is 352 g/mol. The van der Waals surface area contributed by atoms with Gasteiger partial charge in [0.15, 0.2) is 0 Å². The number of aromatic amines is 1. The third kappa shape index (κ3) is 2.32. The maximum absolute atomic E-state index is 13.4. The van der Waals surface area contributed by atoms with E-state index in [9.17, 15) is 14.3 Å². The summed E-state index contributed by atoms with van der Waals surface area (Å²) in [5.74, 6) is -0.738.